The van der Waals surface area contributed by atoms with Crippen LogP contribution in [0.2, 0.25) is 0 Å². The van der Waals surface area contributed by atoms with Crippen molar-refractivity contribution in [1.82, 2.24) is 0 Å². The number of hydrogen-bond acceptors (Lipinski definition) is 2. The Kier molecular flexibility index (Phi) is 2.98. The summed E-state index contributed by atoms with van der Waals surface area (Å²) >= 11 is 0. The van der Waals surface area contributed by atoms with E-state index in [9.17, 15) is 4.79 Å². The second-order valence-electron chi connectivity index (χ2n) is 5.75. The molecule has 1 aliphatic heterocycles. The maximum atomic E-state index is 12.2. The van der Waals surface area contributed by atoms with Gasteiger partial charge in [-0.1, -0.05) is 25.5 Å². The fourth-order valence-electron chi connectivity index (χ4n) is 2.66. The molecule has 2 rings (SSSR count). The zero-order chi connectivity index (χ0) is 12.6. The molecular formula is C15H20O2. The van der Waals surface area contributed by atoms with E-state index >= 15 is 0 Å². The summed E-state index contributed by atoms with van der Waals surface area (Å²) in [5.74, 6) is 1.48. The van der Waals surface area contributed by atoms with Gasteiger partial charge in [0.15, 0.2) is 5.78 Å². The summed E-state index contributed by atoms with van der Waals surface area (Å²) in [5.41, 5.74) is 1.51. The Balaban J connectivity index is 2.33. The summed E-state index contributed by atoms with van der Waals surface area (Å²) in [6.45, 7) is 8.34. The van der Waals surface area contributed by atoms with Crippen LogP contribution in [0.15, 0.2) is 18.2 Å². The molecule has 0 spiro atoms. The SMILES string of the molecule is Cc1ccc2c(c1)C(=O)CC(C)(CC(C)C)O2. The van der Waals surface area contributed by atoms with Crippen molar-refractivity contribution in [1.29, 1.82) is 0 Å². The van der Waals surface area contributed by atoms with Crippen LogP contribution < -0.4 is 4.74 Å². The second kappa shape index (κ2) is 4.17. The van der Waals surface area contributed by atoms with Crippen molar-refractivity contribution in [2.75, 3.05) is 0 Å². The van der Waals surface area contributed by atoms with Crippen molar-refractivity contribution < 1.29 is 9.53 Å². The quantitative estimate of drug-likeness (QED) is 0.776. The fraction of sp³-hybridized carbons (Fsp3) is 0.533. The largest absolute Gasteiger partial charge is 0.486 e. The Labute approximate surface area is 103 Å². The Bertz CT molecular complexity index is 448. The molecule has 1 atom stereocenters. The van der Waals surface area contributed by atoms with Crippen LogP contribution in [-0.2, 0) is 0 Å². The van der Waals surface area contributed by atoms with Crippen LogP contribution in [0.4, 0.5) is 0 Å². The van der Waals surface area contributed by atoms with E-state index in [4.69, 9.17) is 4.74 Å². The number of fused-ring (bicyclic) bond motifs is 1. The van der Waals surface area contributed by atoms with Gasteiger partial charge in [0, 0.05) is 0 Å². The van der Waals surface area contributed by atoms with Crippen molar-refractivity contribution in [3.8, 4) is 5.75 Å². The molecule has 0 fully saturated rings. The van der Waals surface area contributed by atoms with Gasteiger partial charge < -0.3 is 4.74 Å². The first-order valence-corrected chi connectivity index (χ1v) is 6.22. The van der Waals surface area contributed by atoms with Crippen molar-refractivity contribution in [2.45, 2.75) is 46.1 Å². The van der Waals surface area contributed by atoms with Gasteiger partial charge >= 0.3 is 0 Å². The molecule has 17 heavy (non-hydrogen) atoms. The molecule has 0 saturated heterocycles. The van der Waals surface area contributed by atoms with E-state index in [1.54, 1.807) is 0 Å². The highest BCUT2D eigenvalue weighted by Crippen LogP contribution is 2.36. The third kappa shape index (κ3) is 2.51. The highest BCUT2D eigenvalue weighted by molar-refractivity contribution is 6.00. The van der Waals surface area contributed by atoms with Gasteiger partial charge in [0.2, 0.25) is 0 Å². The maximum Gasteiger partial charge on any atom is 0.170 e. The molecule has 0 N–H and O–H groups in total. The number of hydrogen-bond donors (Lipinski definition) is 0. The molecule has 1 aromatic carbocycles. The number of benzene rings is 1. The monoisotopic (exact) mass is 232 g/mol. The van der Waals surface area contributed by atoms with E-state index in [0.29, 0.717) is 12.3 Å². The topological polar surface area (TPSA) is 26.3 Å². The first-order chi connectivity index (χ1) is 7.89. The van der Waals surface area contributed by atoms with Gasteiger partial charge in [-0.15, -0.1) is 0 Å². The minimum Gasteiger partial charge on any atom is -0.486 e. The van der Waals surface area contributed by atoms with Gasteiger partial charge in [0.1, 0.15) is 11.4 Å². The van der Waals surface area contributed by atoms with Crippen LogP contribution in [0, 0.1) is 12.8 Å². The van der Waals surface area contributed by atoms with Gasteiger partial charge in [-0.25, -0.2) is 0 Å². The molecule has 0 aliphatic carbocycles. The highest BCUT2D eigenvalue weighted by atomic mass is 16.5. The first-order valence-electron chi connectivity index (χ1n) is 6.22. The maximum absolute atomic E-state index is 12.2. The van der Waals surface area contributed by atoms with E-state index in [1.807, 2.05) is 32.0 Å². The molecule has 0 radical (unpaired) electrons. The summed E-state index contributed by atoms with van der Waals surface area (Å²) in [4.78, 5) is 12.2. The van der Waals surface area contributed by atoms with Crippen LogP contribution in [0.1, 0.15) is 49.5 Å². The molecule has 1 aromatic rings. The van der Waals surface area contributed by atoms with Crippen LogP contribution in [-0.4, -0.2) is 11.4 Å². The second-order valence-corrected chi connectivity index (χ2v) is 5.75. The van der Waals surface area contributed by atoms with Gasteiger partial charge in [-0.2, -0.15) is 0 Å². The smallest absolute Gasteiger partial charge is 0.170 e. The van der Waals surface area contributed by atoms with E-state index < -0.39 is 0 Å². The molecule has 0 saturated carbocycles. The Morgan fingerprint density at radius 3 is 2.76 bits per heavy atom. The fourth-order valence-corrected chi connectivity index (χ4v) is 2.66. The molecule has 1 heterocycles. The lowest BCUT2D eigenvalue weighted by Gasteiger charge is -2.36. The molecule has 1 aliphatic rings. The number of ether oxygens (including phenoxy) is 1. The van der Waals surface area contributed by atoms with E-state index in [2.05, 4.69) is 13.8 Å². The summed E-state index contributed by atoms with van der Waals surface area (Å²) in [5, 5.41) is 0. The van der Waals surface area contributed by atoms with Crippen molar-refractivity contribution in [2.24, 2.45) is 5.92 Å². The Morgan fingerprint density at radius 2 is 2.12 bits per heavy atom. The molecule has 2 nitrogen and oxygen atoms in total. The number of carbonyl (C=O) groups excluding carboxylic acids is 1. The number of rotatable bonds is 2. The molecule has 2 heteroatoms. The predicted molar refractivity (Wildman–Crippen MR) is 68.6 cm³/mol. The third-order valence-corrected chi connectivity index (χ3v) is 3.17. The van der Waals surface area contributed by atoms with Gasteiger partial charge in [-0.05, 0) is 38.3 Å². The molecule has 0 bridgehead atoms. The minimum atomic E-state index is -0.340. The van der Waals surface area contributed by atoms with Crippen LogP contribution in [0.3, 0.4) is 0 Å². The minimum absolute atomic E-state index is 0.207. The van der Waals surface area contributed by atoms with Gasteiger partial charge in [-0.3, -0.25) is 4.79 Å². The number of Topliss-reactive ketones (excluding diaryl/α,β-unsaturated/α-hetero) is 1. The lowest BCUT2D eigenvalue weighted by molar-refractivity contribution is 0.0392. The van der Waals surface area contributed by atoms with Crippen molar-refractivity contribution in [3.63, 3.8) is 0 Å². The summed E-state index contributed by atoms with van der Waals surface area (Å²) in [6, 6.07) is 5.83. The standard InChI is InChI=1S/C15H20O2/c1-10(2)8-15(4)9-13(16)12-7-11(3)5-6-14(12)17-15/h5-7,10H,8-9H2,1-4H3. The highest BCUT2D eigenvalue weighted by Gasteiger charge is 2.36. The molecule has 0 aromatic heterocycles. The average molecular weight is 232 g/mol. The van der Waals surface area contributed by atoms with Gasteiger partial charge in [0.25, 0.3) is 0 Å². The van der Waals surface area contributed by atoms with Crippen molar-refractivity contribution >= 4 is 5.78 Å². The number of ketones is 1. The average Bonchev–Trinajstić information content (AvgIpc) is 2.17. The first kappa shape index (κ1) is 12.2. The lowest BCUT2D eigenvalue weighted by atomic mass is 9.85. The third-order valence-electron chi connectivity index (χ3n) is 3.17. The van der Waals surface area contributed by atoms with E-state index in [-0.39, 0.29) is 11.4 Å². The molecule has 92 valence electrons. The summed E-state index contributed by atoms with van der Waals surface area (Å²) in [7, 11) is 0. The zero-order valence-electron chi connectivity index (χ0n) is 11.0. The van der Waals surface area contributed by atoms with Crippen LogP contribution >= 0.6 is 0 Å². The molecule has 1 unspecified atom stereocenters. The predicted octanol–water partition coefficient (Wildman–Crippen LogP) is 3.77. The van der Waals surface area contributed by atoms with Crippen molar-refractivity contribution in [3.05, 3.63) is 29.3 Å². The van der Waals surface area contributed by atoms with Crippen LogP contribution in [0.25, 0.3) is 0 Å². The molecule has 0 amide bonds. The molecular weight excluding hydrogens is 212 g/mol. The van der Waals surface area contributed by atoms with Crippen LogP contribution in [0.5, 0.6) is 5.75 Å². The normalized spacial score (nSPS) is 23.5. The Morgan fingerprint density at radius 1 is 1.41 bits per heavy atom. The number of aryl methyl sites for hydroxylation is 1. The zero-order valence-corrected chi connectivity index (χ0v) is 11.0. The summed E-state index contributed by atoms with van der Waals surface area (Å²) in [6.07, 6.45) is 1.40. The lowest BCUT2D eigenvalue weighted by Crippen LogP contribution is -2.40. The number of carbonyl (C=O) groups is 1. The van der Waals surface area contributed by atoms with E-state index in [0.717, 1.165) is 23.3 Å². The summed E-state index contributed by atoms with van der Waals surface area (Å²) < 4.78 is 6.03. The Hall–Kier alpha value is -1.31. The van der Waals surface area contributed by atoms with Gasteiger partial charge in [0.05, 0.1) is 12.0 Å². The van der Waals surface area contributed by atoms with E-state index in [1.165, 1.54) is 0 Å².